The number of carbonyl (C=O) groups is 1. The van der Waals surface area contributed by atoms with Crippen LogP contribution in [0.2, 0.25) is 0 Å². The highest BCUT2D eigenvalue weighted by atomic mass is 32.2. The van der Waals surface area contributed by atoms with Gasteiger partial charge in [-0.15, -0.1) is 11.3 Å². The predicted octanol–water partition coefficient (Wildman–Crippen LogP) is 4.55. The van der Waals surface area contributed by atoms with Crippen molar-refractivity contribution in [2.45, 2.75) is 30.8 Å². The molecule has 1 fully saturated rings. The highest BCUT2D eigenvalue weighted by Crippen LogP contribution is 2.34. The lowest BCUT2D eigenvalue weighted by Gasteiger charge is -2.25. The normalized spacial score (nSPS) is 16.8. The molecule has 3 heterocycles. The Kier molecular flexibility index (Phi) is 5.59. The van der Waals surface area contributed by atoms with Crippen molar-refractivity contribution in [2.75, 3.05) is 18.9 Å². The number of nitrogens with zero attached hydrogens (tertiary/aromatic N) is 3. The molecule has 1 amide bonds. The third-order valence-corrected chi connectivity index (χ3v) is 6.52. The molecule has 0 N–H and O–H groups in total. The first kappa shape index (κ1) is 18.3. The predicted molar refractivity (Wildman–Crippen MR) is 109 cm³/mol. The van der Waals surface area contributed by atoms with Gasteiger partial charge in [-0.05, 0) is 48.9 Å². The molecule has 7 heteroatoms. The van der Waals surface area contributed by atoms with Crippen molar-refractivity contribution in [3.63, 3.8) is 0 Å². The van der Waals surface area contributed by atoms with Gasteiger partial charge in [-0.2, -0.15) is 0 Å². The fourth-order valence-corrected chi connectivity index (χ4v) is 5.13. The molecule has 0 aliphatic carbocycles. The first-order valence-electron chi connectivity index (χ1n) is 9.09. The van der Waals surface area contributed by atoms with Crippen molar-refractivity contribution in [1.82, 2.24) is 14.9 Å². The number of amides is 1. The van der Waals surface area contributed by atoms with Crippen LogP contribution in [0.5, 0.6) is 5.75 Å². The monoisotopic (exact) mass is 399 g/mol. The summed E-state index contributed by atoms with van der Waals surface area (Å²) in [4.78, 5) is 24.5. The quantitative estimate of drug-likeness (QED) is 0.450. The van der Waals surface area contributed by atoms with Gasteiger partial charge in [0.1, 0.15) is 21.9 Å². The van der Waals surface area contributed by atoms with Crippen molar-refractivity contribution in [3.05, 3.63) is 47.6 Å². The summed E-state index contributed by atoms with van der Waals surface area (Å²) in [6.07, 6.45) is 3.62. The number of aromatic nitrogens is 2. The van der Waals surface area contributed by atoms with E-state index in [0.717, 1.165) is 40.4 Å². The number of fused-ring (bicyclic) bond motifs is 1. The Hall–Kier alpha value is -2.12. The third kappa shape index (κ3) is 3.94. The van der Waals surface area contributed by atoms with Crippen molar-refractivity contribution in [1.29, 1.82) is 0 Å². The van der Waals surface area contributed by atoms with Crippen molar-refractivity contribution in [2.24, 2.45) is 0 Å². The Bertz CT molecular complexity index is 926. The second-order valence-electron chi connectivity index (χ2n) is 6.35. The van der Waals surface area contributed by atoms with Gasteiger partial charge in [0.05, 0.1) is 18.4 Å². The zero-order valence-corrected chi connectivity index (χ0v) is 16.8. The SMILES string of the molecule is CCOc1ccc([C@@H]2CCCN2C(=O)CSc2ncnc3sccc23)cc1. The van der Waals surface area contributed by atoms with Gasteiger partial charge in [0, 0.05) is 11.9 Å². The smallest absolute Gasteiger partial charge is 0.233 e. The van der Waals surface area contributed by atoms with E-state index < -0.39 is 0 Å². The lowest BCUT2D eigenvalue weighted by Crippen LogP contribution is -2.32. The third-order valence-electron chi connectivity index (χ3n) is 4.71. The van der Waals surface area contributed by atoms with Crippen molar-refractivity contribution >= 4 is 39.2 Å². The molecule has 27 heavy (non-hydrogen) atoms. The van der Waals surface area contributed by atoms with Crippen LogP contribution in [0.3, 0.4) is 0 Å². The summed E-state index contributed by atoms with van der Waals surface area (Å²) in [5.74, 6) is 1.43. The van der Waals surface area contributed by atoms with E-state index >= 15 is 0 Å². The van der Waals surface area contributed by atoms with E-state index in [1.165, 1.54) is 17.3 Å². The van der Waals surface area contributed by atoms with Crippen LogP contribution in [0.15, 0.2) is 47.1 Å². The molecule has 0 saturated carbocycles. The van der Waals surface area contributed by atoms with Crippen LogP contribution >= 0.6 is 23.1 Å². The molecule has 0 unspecified atom stereocenters. The number of carbonyl (C=O) groups excluding carboxylic acids is 1. The van der Waals surface area contributed by atoms with Gasteiger partial charge in [0.15, 0.2) is 0 Å². The lowest BCUT2D eigenvalue weighted by atomic mass is 10.0. The highest BCUT2D eigenvalue weighted by molar-refractivity contribution is 8.00. The van der Waals surface area contributed by atoms with Gasteiger partial charge < -0.3 is 9.64 Å². The molecule has 4 rings (SSSR count). The maximum atomic E-state index is 12.9. The Morgan fingerprint density at radius 3 is 2.96 bits per heavy atom. The van der Waals surface area contributed by atoms with E-state index in [1.54, 1.807) is 17.7 Å². The maximum absolute atomic E-state index is 12.9. The van der Waals surface area contributed by atoms with Crippen LogP contribution in [-0.4, -0.2) is 39.7 Å². The average Bonchev–Trinajstić information content (AvgIpc) is 3.36. The summed E-state index contributed by atoms with van der Waals surface area (Å²) in [5.41, 5.74) is 1.18. The Morgan fingerprint density at radius 1 is 1.30 bits per heavy atom. The van der Waals surface area contributed by atoms with Gasteiger partial charge in [0.2, 0.25) is 5.91 Å². The van der Waals surface area contributed by atoms with Crippen molar-refractivity contribution in [3.8, 4) is 5.75 Å². The van der Waals surface area contributed by atoms with E-state index in [2.05, 4.69) is 22.1 Å². The molecule has 1 atom stereocenters. The minimum absolute atomic E-state index is 0.153. The number of benzene rings is 1. The molecule has 2 aromatic heterocycles. The van der Waals surface area contributed by atoms with Gasteiger partial charge in [0.25, 0.3) is 0 Å². The Labute approximate surface area is 166 Å². The zero-order valence-electron chi connectivity index (χ0n) is 15.1. The molecule has 1 aliphatic rings. The minimum Gasteiger partial charge on any atom is -0.494 e. The van der Waals surface area contributed by atoms with Crippen LogP contribution in [-0.2, 0) is 4.79 Å². The van der Waals surface area contributed by atoms with Crippen LogP contribution in [0.1, 0.15) is 31.4 Å². The van der Waals surface area contributed by atoms with Gasteiger partial charge in [-0.1, -0.05) is 23.9 Å². The van der Waals surface area contributed by atoms with Crippen molar-refractivity contribution < 1.29 is 9.53 Å². The van der Waals surface area contributed by atoms with Gasteiger partial charge >= 0.3 is 0 Å². The number of likely N-dealkylation sites (tertiary alicyclic amines) is 1. The minimum atomic E-state index is 0.153. The molecule has 0 spiro atoms. The summed E-state index contributed by atoms with van der Waals surface area (Å²) >= 11 is 3.09. The molecule has 1 aliphatic heterocycles. The molecular formula is C20H21N3O2S2. The highest BCUT2D eigenvalue weighted by Gasteiger charge is 2.29. The lowest BCUT2D eigenvalue weighted by molar-refractivity contribution is -0.129. The van der Waals surface area contributed by atoms with Crippen LogP contribution < -0.4 is 4.74 Å². The first-order chi connectivity index (χ1) is 13.3. The molecule has 1 saturated heterocycles. The molecule has 1 aromatic carbocycles. The molecule has 140 valence electrons. The van der Waals surface area contributed by atoms with E-state index in [9.17, 15) is 4.79 Å². The largest absolute Gasteiger partial charge is 0.494 e. The number of ether oxygens (including phenoxy) is 1. The first-order valence-corrected chi connectivity index (χ1v) is 11.0. The molecule has 5 nitrogen and oxygen atoms in total. The summed E-state index contributed by atoms with van der Waals surface area (Å²) in [7, 11) is 0. The number of rotatable bonds is 6. The average molecular weight is 400 g/mol. The number of thiophene rings is 1. The van der Waals surface area contributed by atoms with Crippen LogP contribution in [0.25, 0.3) is 10.2 Å². The van der Waals surface area contributed by atoms with Crippen LogP contribution in [0, 0.1) is 0 Å². The van der Waals surface area contributed by atoms with E-state index in [-0.39, 0.29) is 11.9 Å². The standard InChI is InChI=1S/C20H21N3O2S2/c1-2-25-15-7-5-14(6-8-15)17-4-3-10-23(17)18(24)12-27-20-16-9-11-26-19(16)21-13-22-20/h5-9,11,13,17H,2-4,10,12H2,1H3/t17-/m0/s1. The number of hydrogen-bond donors (Lipinski definition) is 0. The number of hydrogen-bond acceptors (Lipinski definition) is 6. The van der Waals surface area contributed by atoms with E-state index in [0.29, 0.717) is 12.4 Å². The molecule has 0 bridgehead atoms. The van der Waals surface area contributed by atoms with Gasteiger partial charge in [-0.3, -0.25) is 4.79 Å². The Balaban J connectivity index is 1.43. The summed E-state index contributed by atoms with van der Waals surface area (Å²) in [5, 5.41) is 3.92. The molecular weight excluding hydrogens is 378 g/mol. The fourth-order valence-electron chi connectivity index (χ4n) is 3.46. The number of thioether (sulfide) groups is 1. The summed E-state index contributed by atoms with van der Waals surface area (Å²) in [6, 6.07) is 10.3. The zero-order chi connectivity index (χ0) is 18.6. The second kappa shape index (κ2) is 8.27. The van der Waals surface area contributed by atoms with E-state index in [1.807, 2.05) is 35.4 Å². The molecule has 3 aromatic rings. The summed E-state index contributed by atoms with van der Waals surface area (Å²) < 4.78 is 5.52. The Morgan fingerprint density at radius 2 is 2.15 bits per heavy atom. The topological polar surface area (TPSA) is 55.3 Å². The van der Waals surface area contributed by atoms with Gasteiger partial charge in [-0.25, -0.2) is 9.97 Å². The second-order valence-corrected chi connectivity index (χ2v) is 8.21. The fraction of sp³-hybridized carbons (Fsp3) is 0.350. The molecule has 0 radical (unpaired) electrons. The maximum Gasteiger partial charge on any atom is 0.233 e. The summed E-state index contributed by atoms with van der Waals surface area (Å²) in [6.45, 7) is 3.45. The van der Waals surface area contributed by atoms with Crippen LogP contribution in [0.4, 0.5) is 0 Å². The van der Waals surface area contributed by atoms with E-state index in [4.69, 9.17) is 4.74 Å².